The number of carboxylic acid groups (broad SMARTS) is 2. The summed E-state index contributed by atoms with van der Waals surface area (Å²) in [6, 6.07) is 0. The Morgan fingerprint density at radius 1 is 1.05 bits per heavy atom. The second-order valence-electron chi connectivity index (χ2n) is 5.11. The topological polar surface area (TPSA) is 114 Å². The minimum Gasteiger partial charge on any atom is -0.478 e. The summed E-state index contributed by atoms with van der Waals surface area (Å²) in [5.74, 6) is -3.95. The van der Waals surface area contributed by atoms with Gasteiger partial charge in [-0.25, -0.2) is 9.59 Å². The first-order valence-corrected chi connectivity index (χ1v) is 6.99. The van der Waals surface area contributed by atoms with Crippen molar-refractivity contribution in [1.29, 1.82) is 0 Å². The number of pyridine rings is 1. The molecule has 0 saturated carbocycles. The van der Waals surface area contributed by atoms with E-state index in [1.807, 2.05) is 0 Å². The average Bonchev–Trinajstić information content (AvgIpc) is 2.44. The summed E-state index contributed by atoms with van der Waals surface area (Å²) in [5, 5.41) is 18.7. The van der Waals surface area contributed by atoms with Crippen molar-refractivity contribution in [2.75, 3.05) is 0 Å². The normalized spacial score (nSPS) is 10.8. The molecular weight excluding hydrogens is 290 g/mol. The van der Waals surface area contributed by atoms with Crippen molar-refractivity contribution in [3.63, 3.8) is 0 Å². The molecule has 1 rings (SSSR count). The molecule has 0 amide bonds. The smallest absolute Gasteiger partial charge is 0.353 e. The molecule has 0 aromatic carbocycles. The van der Waals surface area contributed by atoms with E-state index in [2.05, 4.69) is 0 Å². The van der Waals surface area contributed by atoms with Crippen LogP contribution in [-0.4, -0.2) is 32.5 Å². The number of ketones is 1. The van der Waals surface area contributed by atoms with Gasteiger partial charge in [-0.15, -0.1) is 0 Å². The van der Waals surface area contributed by atoms with Crippen LogP contribution in [0.2, 0.25) is 0 Å². The molecule has 2 N–H and O–H groups in total. The summed E-state index contributed by atoms with van der Waals surface area (Å²) in [6.45, 7) is 6.27. The quantitative estimate of drug-likeness (QED) is 0.773. The lowest BCUT2D eigenvalue weighted by Gasteiger charge is -2.18. The molecule has 120 valence electrons. The molecule has 0 unspecified atom stereocenters. The highest BCUT2D eigenvalue weighted by Gasteiger charge is 2.31. The first-order chi connectivity index (χ1) is 10.2. The molecule has 0 radical (unpaired) electrons. The van der Waals surface area contributed by atoms with Gasteiger partial charge in [-0.05, 0) is 18.9 Å². The Bertz CT molecular complexity index is 699. The van der Waals surface area contributed by atoms with Gasteiger partial charge < -0.3 is 14.8 Å². The molecule has 0 aliphatic rings. The highest BCUT2D eigenvalue weighted by atomic mass is 16.4. The van der Waals surface area contributed by atoms with Crippen LogP contribution in [0, 0.1) is 5.92 Å². The summed E-state index contributed by atoms with van der Waals surface area (Å²) < 4.78 is 0.834. The van der Waals surface area contributed by atoms with Crippen molar-refractivity contribution in [1.82, 2.24) is 4.57 Å². The fourth-order valence-electron chi connectivity index (χ4n) is 2.42. The highest BCUT2D eigenvalue weighted by molar-refractivity contribution is 6.06. The molecule has 0 spiro atoms. The molecule has 1 aromatic heterocycles. The van der Waals surface area contributed by atoms with E-state index in [1.165, 1.54) is 6.92 Å². The van der Waals surface area contributed by atoms with Crippen LogP contribution in [-0.2, 0) is 13.0 Å². The van der Waals surface area contributed by atoms with Gasteiger partial charge in [0.2, 0.25) is 0 Å². The number of nitrogens with zero attached hydrogens (tertiary/aromatic N) is 1. The maximum atomic E-state index is 12.5. The Morgan fingerprint density at radius 3 is 1.91 bits per heavy atom. The van der Waals surface area contributed by atoms with E-state index in [0.29, 0.717) is 0 Å². The molecule has 22 heavy (non-hydrogen) atoms. The predicted octanol–water partition coefficient (Wildman–Crippen LogP) is 1.67. The zero-order valence-electron chi connectivity index (χ0n) is 13.0. The molecule has 7 heteroatoms. The van der Waals surface area contributed by atoms with Gasteiger partial charge in [0, 0.05) is 12.5 Å². The van der Waals surface area contributed by atoms with Crippen LogP contribution in [0.5, 0.6) is 0 Å². The molecule has 0 aliphatic heterocycles. The van der Waals surface area contributed by atoms with Crippen molar-refractivity contribution in [2.24, 2.45) is 5.92 Å². The number of carbonyl (C=O) groups excluding carboxylic acids is 1. The number of aromatic nitrogens is 1. The lowest BCUT2D eigenvalue weighted by molar-refractivity contribution is 0.0638. The molecule has 0 atom stereocenters. The van der Waals surface area contributed by atoms with E-state index in [-0.39, 0.29) is 24.1 Å². The van der Waals surface area contributed by atoms with Gasteiger partial charge >= 0.3 is 11.9 Å². The van der Waals surface area contributed by atoms with Crippen molar-refractivity contribution in [2.45, 2.75) is 40.7 Å². The molecule has 0 bridgehead atoms. The molecule has 0 saturated heterocycles. The number of aromatic carboxylic acids is 2. The van der Waals surface area contributed by atoms with Crippen LogP contribution in [0.25, 0.3) is 0 Å². The van der Waals surface area contributed by atoms with Crippen LogP contribution in [0.3, 0.4) is 0 Å². The number of Topliss-reactive ketones (excluding diaryl/α,β-unsaturated/α-hetero) is 1. The zero-order chi connectivity index (χ0) is 17.2. The van der Waals surface area contributed by atoms with E-state index in [4.69, 9.17) is 0 Å². The Labute approximate surface area is 127 Å². The largest absolute Gasteiger partial charge is 0.478 e. The summed E-state index contributed by atoms with van der Waals surface area (Å²) in [6.07, 6.45) is 0.0789. The lowest BCUT2D eigenvalue weighted by atomic mass is 9.91. The molecule has 1 aromatic rings. The third-order valence-corrected chi connectivity index (χ3v) is 3.43. The molecule has 0 aliphatic carbocycles. The summed E-state index contributed by atoms with van der Waals surface area (Å²) >= 11 is 0. The second-order valence-corrected chi connectivity index (χ2v) is 5.11. The number of carboxylic acids is 2. The van der Waals surface area contributed by atoms with Crippen LogP contribution < -0.4 is 5.56 Å². The first-order valence-electron chi connectivity index (χ1n) is 6.99. The van der Waals surface area contributed by atoms with Gasteiger partial charge in [-0.2, -0.15) is 0 Å². The fraction of sp³-hybridized carbons (Fsp3) is 0.467. The van der Waals surface area contributed by atoms with Gasteiger partial charge in [-0.1, -0.05) is 20.8 Å². The molecular formula is C15H19NO6. The van der Waals surface area contributed by atoms with E-state index in [1.54, 1.807) is 20.8 Å². The third-order valence-electron chi connectivity index (χ3n) is 3.43. The number of carbonyl (C=O) groups is 3. The van der Waals surface area contributed by atoms with Crippen molar-refractivity contribution >= 4 is 17.7 Å². The monoisotopic (exact) mass is 309 g/mol. The van der Waals surface area contributed by atoms with Crippen molar-refractivity contribution in [3.8, 4) is 0 Å². The molecule has 1 heterocycles. The zero-order valence-corrected chi connectivity index (χ0v) is 13.0. The Hall–Kier alpha value is -2.44. The average molecular weight is 309 g/mol. The fourth-order valence-corrected chi connectivity index (χ4v) is 2.42. The van der Waals surface area contributed by atoms with Crippen LogP contribution in [0.4, 0.5) is 0 Å². The van der Waals surface area contributed by atoms with Gasteiger partial charge in [0.25, 0.3) is 5.56 Å². The minimum atomic E-state index is -1.51. The minimum absolute atomic E-state index is 0.0155. The van der Waals surface area contributed by atoms with Crippen LogP contribution >= 0.6 is 0 Å². The maximum Gasteiger partial charge on any atom is 0.353 e. The lowest BCUT2D eigenvalue weighted by Crippen LogP contribution is -2.36. The van der Waals surface area contributed by atoms with Gasteiger partial charge in [0.05, 0.1) is 11.1 Å². The maximum absolute atomic E-state index is 12.5. The van der Waals surface area contributed by atoms with E-state index in [9.17, 15) is 29.4 Å². The highest BCUT2D eigenvalue weighted by Crippen LogP contribution is 2.20. The van der Waals surface area contributed by atoms with Crippen LogP contribution in [0.1, 0.15) is 64.5 Å². The summed E-state index contributed by atoms with van der Waals surface area (Å²) in [7, 11) is 0. The Kier molecular flexibility index (Phi) is 5.24. The first kappa shape index (κ1) is 17.6. The van der Waals surface area contributed by atoms with E-state index < -0.39 is 40.5 Å². The van der Waals surface area contributed by atoms with Gasteiger partial charge in [0.1, 0.15) is 5.69 Å². The van der Waals surface area contributed by atoms with Crippen molar-refractivity contribution in [3.05, 3.63) is 32.7 Å². The van der Waals surface area contributed by atoms with Crippen LogP contribution in [0.15, 0.2) is 4.79 Å². The second kappa shape index (κ2) is 6.55. The standard InChI is InChI=1S/C15H19NO6/c1-5-8-9(14(19)20)11(15(21)22)16(6-2)13(18)10(8)12(17)7(3)4/h7H,5-6H2,1-4H3,(H,19,20)(H,21,22). The number of hydrogen-bond donors (Lipinski definition) is 2. The van der Waals surface area contributed by atoms with E-state index in [0.717, 1.165) is 4.57 Å². The van der Waals surface area contributed by atoms with Gasteiger partial charge in [-0.3, -0.25) is 9.59 Å². The third kappa shape index (κ3) is 2.79. The van der Waals surface area contributed by atoms with E-state index >= 15 is 0 Å². The SMILES string of the molecule is CCc1c(C(=O)O)c(C(=O)O)n(CC)c(=O)c1C(=O)C(C)C. The predicted molar refractivity (Wildman–Crippen MR) is 78.8 cm³/mol. The van der Waals surface area contributed by atoms with Crippen molar-refractivity contribution < 1.29 is 24.6 Å². The molecule has 0 fully saturated rings. The number of hydrogen-bond acceptors (Lipinski definition) is 4. The Balaban J connectivity index is 4.09. The Morgan fingerprint density at radius 2 is 1.59 bits per heavy atom. The summed E-state index contributed by atoms with van der Waals surface area (Å²) in [5.41, 5.74) is -2.06. The number of rotatable bonds is 6. The summed E-state index contributed by atoms with van der Waals surface area (Å²) in [4.78, 5) is 47.8. The van der Waals surface area contributed by atoms with Gasteiger partial charge in [0.15, 0.2) is 5.78 Å². The molecule has 7 nitrogen and oxygen atoms in total.